The Morgan fingerprint density at radius 3 is 2.47 bits per heavy atom. The maximum absolute atomic E-state index is 13.4. The zero-order chi connectivity index (χ0) is 24.3. The number of methoxy groups -OCH3 is 2. The van der Waals surface area contributed by atoms with Crippen molar-refractivity contribution in [1.82, 2.24) is 19.8 Å². The molecule has 0 radical (unpaired) electrons. The molecule has 1 amide bonds. The summed E-state index contributed by atoms with van der Waals surface area (Å²) < 4.78 is 24.0. The fourth-order valence-electron chi connectivity index (χ4n) is 7.18. The smallest absolute Gasteiger partial charge is 0.287 e. The minimum atomic E-state index is -1.22. The van der Waals surface area contributed by atoms with E-state index in [2.05, 4.69) is 44.0 Å². The highest BCUT2D eigenvalue weighted by molar-refractivity contribution is 6.30. The van der Waals surface area contributed by atoms with E-state index in [9.17, 15) is 4.79 Å². The van der Waals surface area contributed by atoms with Crippen LogP contribution in [-0.4, -0.2) is 48.5 Å². The minimum absolute atomic E-state index is 0.0240. The summed E-state index contributed by atoms with van der Waals surface area (Å²) in [5.74, 6) is -1.24. The average Bonchev–Trinajstić information content (AvgIpc) is 3.55. The van der Waals surface area contributed by atoms with E-state index >= 15 is 0 Å². The molecule has 1 fully saturated rings. The van der Waals surface area contributed by atoms with Gasteiger partial charge in [0.2, 0.25) is 0 Å². The largest absolute Gasteiger partial charge is 0.372 e. The number of nitrogens with one attached hydrogen (secondary N) is 2. The molecule has 2 aromatic heterocycles. The standard InChI is InChI=1S/C28H26N4O4/c1-29-17-12-20-31-18-10-6-4-8-14(18)22-23-16(13-30-27(23)33)21-15-9-5-7-11-19(15)32(25(21)24(22)31)28(35-3,36-20)26(17)34-2/h4-11,17,20,26,29H,12-13H2,1-3H3,(H,30,33). The number of aromatic nitrogens is 2. The van der Waals surface area contributed by atoms with Crippen LogP contribution in [0, 0.1) is 0 Å². The van der Waals surface area contributed by atoms with Crippen molar-refractivity contribution in [2.75, 3.05) is 21.3 Å². The molecule has 4 atom stereocenters. The molecule has 182 valence electrons. The molecule has 8 nitrogen and oxygen atoms in total. The van der Waals surface area contributed by atoms with Crippen LogP contribution in [0.25, 0.3) is 43.6 Å². The van der Waals surface area contributed by atoms with E-state index in [1.54, 1.807) is 14.2 Å². The monoisotopic (exact) mass is 482 g/mol. The van der Waals surface area contributed by atoms with E-state index in [1.807, 2.05) is 31.3 Å². The molecule has 3 aliphatic heterocycles. The first-order valence-electron chi connectivity index (χ1n) is 12.4. The number of rotatable bonds is 3. The molecule has 4 unspecified atom stereocenters. The Balaban J connectivity index is 1.73. The number of likely N-dealkylation sites (N-methyl/N-ethyl adjacent to an activating group) is 1. The number of hydrogen-bond donors (Lipinski definition) is 2. The van der Waals surface area contributed by atoms with Gasteiger partial charge in [-0.2, -0.15) is 0 Å². The highest BCUT2D eigenvalue weighted by Crippen LogP contribution is 2.53. The second-order valence-electron chi connectivity index (χ2n) is 9.92. The zero-order valence-electron chi connectivity index (χ0n) is 20.3. The summed E-state index contributed by atoms with van der Waals surface area (Å²) >= 11 is 0. The van der Waals surface area contributed by atoms with Crippen LogP contribution < -0.4 is 10.6 Å². The van der Waals surface area contributed by atoms with Crippen LogP contribution in [0.5, 0.6) is 0 Å². The maximum Gasteiger partial charge on any atom is 0.287 e. The maximum atomic E-state index is 13.4. The lowest BCUT2D eigenvalue weighted by atomic mass is 9.97. The number of benzene rings is 3. The predicted octanol–water partition coefficient (Wildman–Crippen LogP) is 3.94. The Hall–Kier alpha value is -3.43. The molecule has 0 aliphatic carbocycles. The number of ether oxygens (including phenoxy) is 3. The van der Waals surface area contributed by atoms with E-state index in [4.69, 9.17) is 14.2 Å². The fourth-order valence-corrected chi connectivity index (χ4v) is 7.18. The number of nitrogens with zero attached hydrogens (tertiary/aromatic N) is 2. The Bertz CT molecular complexity index is 1770. The van der Waals surface area contributed by atoms with Crippen molar-refractivity contribution in [3.8, 4) is 0 Å². The Morgan fingerprint density at radius 1 is 1.03 bits per heavy atom. The quantitative estimate of drug-likeness (QED) is 0.407. The SMILES string of the molecule is CNC1CC2OC(OC)(C1OC)n1c3ccccc3c3c4c(c5c6ccccc6n2c5c31)C(=O)NC4. The highest BCUT2D eigenvalue weighted by Gasteiger charge is 2.56. The lowest BCUT2D eigenvalue weighted by Gasteiger charge is -2.48. The summed E-state index contributed by atoms with van der Waals surface area (Å²) in [6.45, 7) is 0.491. The van der Waals surface area contributed by atoms with Gasteiger partial charge in [-0.15, -0.1) is 0 Å². The molecule has 3 aliphatic rings. The normalized spacial score (nSPS) is 26.9. The van der Waals surface area contributed by atoms with Gasteiger partial charge in [0.1, 0.15) is 12.3 Å². The Morgan fingerprint density at radius 2 is 1.75 bits per heavy atom. The van der Waals surface area contributed by atoms with Gasteiger partial charge in [-0.05, 0) is 24.7 Å². The van der Waals surface area contributed by atoms with Crippen molar-refractivity contribution in [2.24, 2.45) is 0 Å². The third-order valence-electron chi connectivity index (χ3n) is 8.52. The summed E-state index contributed by atoms with van der Waals surface area (Å²) in [5.41, 5.74) is 5.85. The van der Waals surface area contributed by atoms with Crippen LogP contribution in [0.3, 0.4) is 0 Å². The summed E-state index contributed by atoms with van der Waals surface area (Å²) in [5, 5.41) is 10.7. The second kappa shape index (κ2) is 6.86. The molecular weight excluding hydrogens is 456 g/mol. The number of carbonyl (C=O) groups is 1. The highest BCUT2D eigenvalue weighted by atomic mass is 16.7. The summed E-state index contributed by atoms with van der Waals surface area (Å²) in [4.78, 5) is 13.4. The lowest BCUT2D eigenvalue weighted by Crippen LogP contribution is -2.62. The number of amides is 1. The van der Waals surface area contributed by atoms with Gasteiger partial charge in [-0.3, -0.25) is 9.36 Å². The number of carbonyl (C=O) groups excluding carboxylic acids is 1. The molecule has 3 aromatic carbocycles. The predicted molar refractivity (Wildman–Crippen MR) is 137 cm³/mol. The lowest BCUT2D eigenvalue weighted by molar-refractivity contribution is -0.378. The van der Waals surface area contributed by atoms with E-state index < -0.39 is 12.0 Å². The van der Waals surface area contributed by atoms with Crippen molar-refractivity contribution >= 4 is 49.5 Å². The van der Waals surface area contributed by atoms with E-state index in [1.165, 1.54) is 0 Å². The molecule has 8 heteroatoms. The molecule has 5 aromatic rings. The van der Waals surface area contributed by atoms with Gasteiger partial charge in [-0.25, -0.2) is 0 Å². The van der Waals surface area contributed by atoms with Gasteiger partial charge in [0.15, 0.2) is 0 Å². The summed E-state index contributed by atoms with van der Waals surface area (Å²) in [7, 11) is 5.36. The first-order chi connectivity index (χ1) is 17.6. The first kappa shape index (κ1) is 20.7. The average molecular weight is 483 g/mol. The molecule has 2 N–H and O–H groups in total. The summed E-state index contributed by atoms with van der Waals surface area (Å²) in [6.07, 6.45) is -0.0659. The molecule has 36 heavy (non-hydrogen) atoms. The topological polar surface area (TPSA) is 78.7 Å². The molecule has 1 saturated heterocycles. The fraction of sp³-hybridized carbons (Fsp3) is 0.321. The van der Waals surface area contributed by atoms with Crippen molar-refractivity contribution < 1.29 is 19.0 Å². The summed E-state index contributed by atoms with van der Waals surface area (Å²) in [6, 6.07) is 16.6. The number of para-hydroxylation sites is 2. The van der Waals surface area contributed by atoms with Gasteiger partial charge < -0.3 is 29.4 Å². The van der Waals surface area contributed by atoms with E-state index in [-0.39, 0.29) is 18.2 Å². The van der Waals surface area contributed by atoms with Crippen molar-refractivity contribution in [3.63, 3.8) is 0 Å². The van der Waals surface area contributed by atoms with Gasteiger partial charge in [-0.1, -0.05) is 36.4 Å². The van der Waals surface area contributed by atoms with Crippen LogP contribution in [0.1, 0.15) is 28.6 Å². The Kier molecular flexibility index (Phi) is 3.95. The van der Waals surface area contributed by atoms with Gasteiger partial charge in [0, 0.05) is 54.8 Å². The van der Waals surface area contributed by atoms with Crippen LogP contribution in [0.2, 0.25) is 0 Å². The van der Waals surface area contributed by atoms with Gasteiger partial charge in [0.25, 0.3) is 11.8 Å². The molecular formula is C28H26N4O4. The minimum Gasteiger partial charge on any atom is -0.372 e. The number of fused-ring (bicyclic) bond motifs is 13. The van der Waals surface area contributed by atoms with E-state index in [0.29, 0.717) is 13.0 Å². The van der Waals surface area contributed by atoms with Crippen LogP contribution in [0.4, 0.5) is 0 Å². The third kappa shape index (κ3) is 2.15. The Labute approximate surface area is 206 Å². The zero-order valence-corrected chi connectivity index (χ0v) is 20.3. The molecule has 0 saturated carbocycles. The van der Waals surface area contributed by atoms with Crippen molar-refractivity contribution in [1.29, 1.82) is 0 Å². The molecule has 0 spiro atoms. The van der Waals surface area contributed by atoms with Crippen LogP contribution >= 0.6 is 0 Å². The van der Waals surface area contributed by atoms with Crippen molar-refractivity contribution in [2.45, 2.75) is 37.3 Å². The molecule has 2 bridgehead atoms. The van der Waals surface area contributed by atoms with Crippen LogP contribution in [0.15, 0.2) is 48.5 Å². The molecule has 5 heterocycles. The third-order valence-corrected chi connectivity index (χ3v) is 8.52. The van der Waals surface area contributed by atoms with Gasteiger partial charge in [0.05, 0.1) is 27.6 Å². The van der Waals surface area contributed by atoms with Crippen LogP contribution in [-0.2, 0) is 26.7 Å². The van der Waals surface area contributed by atoms with Gasteiger partial charge >= 0.3 is 0 Å². The first-order valence-corrected chi connectivity index (χ1v) is 12.4. The van der Waals surface area contributed by atoms with Crippen molar-refractivity contribution in [3.05, 3.63) is 59.7 Å². The van der Waals surface area contributed by atoms with E-state index in [0.717, 1.165) is 54.7 Å². The second-order valence-corrected chi connectivity index (χ2v) is 9.92. The molecule has 8 rings (SSSR count). The number of hydrogen-bond acceptors (Lipinski definition) is 5.